The lowest BCUT2D eigenvalue weighted by Gasteiger charge is -2.09. The van der Waals surface area contributed by atoms with Crippen LogP contribution in [0.25, 0.3) is 10.8 Å². The molecule has 3 rings (SSSR count). The molecule has 0 unspecified atom stereocenters. The van der Waals surface area contributed by atoms with Crippen LogP contribution in [-0.4, -0.2) is 34.8 Å². The Balaban J connectivity index is 1.50. The summed E-state index contributed by atoms with van der Waals surface area (Å²) < 4.78 is 5.75. The summed E-state index contributed by atoms with van der Waals surface area (Å²) in [4.78, 5) is 48.1. The monoisotopic (exact) mass is 415 g/mol. The lowest BCUT2D eigenvalue weighted by molar-refractivity contribution is -0.149. The molecule has 8 nitrogen and oxygen atoms in total. The molecule has 0 aliphatic rings. The van der Waals surface area contributed by atoms with Crippen LogP contribution in [0.4, 0.5) is 0 Å². The number of hydrogen-bond acceptors (Lipinski definition) is 5. The number of hydrogen-bond donors (Lipinski definition) is 2. The van der Waals surface area contributed by atoms with E-state index < -0.39 is 36.1 Å². The molecule has 0 fully saturated rings. The van der Waals surface area contributed by atoms with E-state index in [1.165, 1.54) is 12.1 Å². The number of fused-ring (bicyclic) bond motifs is 1. The summed E-state index contributed by atoms with van der Waals surface area (Å²) in [5, 5.41) is 6.01. The standard InChI is InChI=1S/C20H18ClN3O5/c21-14-5-3-4-13(10-14)8-9-22-17(25)12-29-18(26)11-24-20(28)16-7-2-1-6-15(16)19(27)23-24/h1-7,10H,8-9,11-12H2,(H,22,25)(H,23,27). The molecule has 150 valence electrons. The smallest absolute Gasteiger partial charge is 0.328 e. The molecule has 1 amide bonds. The van der Waals surface area contributed by atoms with Gasteiger partial charge in [0.25, 0.3) is 17.0 Å². The van der Waals surface area contributed by atoms with Crippen LogP contribution in [0.1, 0.15) is 5.56 Å². The number of halogens is 1. The zero-order valence-corrected chi connectivity index (χ0v) is 16.1. The van der Waals surface area contributed by atoms with E-state index in [0.717, 1.165) is 10.2 Å². The van der Waals surface area contributed by atoms with E-state index in [1.54, 1.807) is 24.3 Å². The lowest BCUT2D eigenvalue weighted by atomic mass is 10.1. The molecule has 29 heavy (non-hydrogen) atoms. The highest BCUT2D eigenvalue weighted by Gasteiger charge is 2.12. The number of aromatic amines is 1. The lowest BCUT2D eigenvalue weighted by Crippen LogP contribution is -2.35. The van der Waals surface area contributed by atoms with Gasteiger partial charge in [0, 0.05) is 11.6 Å². The Morgan fingerprint density at radius 2 is 1.83 bits per heavy atom. The normalized spacial score (nSPS) is 10.7. The molecule has 2 aromatic carbocycles. The van der Waals surface area contributed by atoms with Gasteiger partial charge in [-0.05, 0) is 36.2 Å². The van der Waals surface area contributed by atoms with Crippen LogP contribution in [0.3, 0.4) is 0 Å². The molecule has 3 aromatic rings. The summed E-state index contributed by atoms with van der Waals surface area (Å²) in [6.07, 6.45) is 0.577. The number of aromatic nitrogens is 2. The van der Waals surface area contributed by atoms with Gasteiger partial charge in [0.15, 0.2) is 6.61 Å². The first-order valence-electron chi connectivity index (χ1n) is 8.82. The number of ether oxygens (including phenoxy) is 1. The fourth-order valence-corrected chi connectivity index (χ4v) is 2.98. The maximum Gasteiger partial charge on any atom is 0.328 e. The molecule has 1 heterocycles. The summed E-state index contributed by atoms with van der Waals surface area (Å²) in [7, 11) is 0. The van der Waals surface area contributed by atoms with E-state index in [1.807, 2.05) is 12.1 Å². The highest BCUT2D eigenvalue weighted by molar-refractivity contribution is 6.30. The molecule has 0 saturated heterocycles. The fraction of sp³-hybridized carbons (Fsp3) is 0.200. The Hall–Kier alpha value is -3.39. The second-order valence-corrected chi connectivity index (χ2v) is 6.70. The van der Waals surface area contributed by atoms with Crippen LogP contribution in [0.15, 0.2) is 58.1 Å². The molecular formula is C20H18ClN3O5. The Morgan fingerprint density at radius 3 is 2.59 bits per heavy atom. The zero-order valence-electron chi connectivity index (χ0n) is 15.3. The van der Waals surface area contributed by atoms with E-state index in [2.05, 4.69) is 10.4 Å². The highest BCUT2D eigenvalue weighted by Crippen LogP contribution is 2.10. The van der Waals surface area contributed by atoms with Crippen molar-refractivity contribution >= 4 is 34.2 Å². The number of rotatable bonds is 7. The van der Waals surface area contributed by atoms with Crippen molar-refractivity contribution in [3.8, 4) is 0 Å². The van der Waals surface area contributed by atoms with Crippen LogP contribution in [0.2, 0.25) is 5.02 Å². The van der Waals surface area contributed by atoms with Crippen molar-refractivity contribution < 1.29 is 14.3 Å². The summed E-state index contributed by atoms with van der Waals surface area (Å²) >= 11 is 5.90. The van der Waals surface area contributed by atoms with E-state index in [0.29, 0.717) is 18.0 Å². The molecular weight excluding hydrogens is 398 g/mol. The molecule has 2 N–H and O–H groups in total. The van der Waals surface area contributed by atoms with Crippen molar-refractivity contribution in [3.63, 3.8) is 0 Å². The summed E-state index contributed by atoms with van der Waals surface area (Å²) in [6, 6.07) is 13.6. The molecule has 0 radical (unpaired) electrons. The maximum atomic E-state index is 12.4. The van der Waals surface area contributed by atoms with Gasteiger partial charge in [-0.15, -0.1) is 0 Å². The van der Waals surface area contributed by atoms with Crippen molar-refractivity contribution in [2.75, 3.05) is 13.2 Å². The summed E-state index contributed by atoms with van der Waals surface area (Å²) in [5.74, 6) is -1.29. The molecule has 0 aliphatic carbocycles. The average molecular weight is 416 g/mol. The molecule has 0 bridgehead atoms. The van der Waals surface area contributed by atoms with Crippen molar-refractivity contribution in [2.24, 2.45) is 0 Å². The molecule has 1 aromatic heterocycles. The first kappa shape index (κ1) is 20.3. The third-order valence-electron chi connectivity index (χ3n) is 4.16. The number of esters is 1. The number of carbonyl (C=O) groups is 2. The van der Waals surface area contributed by atoms with Gasteiger partial charge in [-0.2, -0.15) is 0 Å². The molecule has 0 spiro atoms. The molecule has 0 saturated carbocycles. The Kier molecular flexibility index (Phi) is 6.46. The van der Waals surface area contributed by atoms with Gasteiger partial charge in [-0.1, -0.05) is 35.9 Å². The summed E-state index contributed by atoms with van der Waals surface area (Å²) in [6.45, 7) is -0.635. The minimum Gasteiger partial charge on any atom is -0.454 e. The SMILES string of the molecule is O=C(COC(=O)Cn1[nH]c(=O)c2ccccc2c1=O)NCCc1cccc(Cl)c1. The Labute approximate surface area is 170 Å². The quantitative estimate of drug-likeness (QED) is 0.564. The fourth-order valence-electron chi connectivity index (χ4n) is 2.77. The van der Waals surface area contributed by atoms with E-state index in [9.17, 15) is 19.2 Å². The van der Waals surface area contributed by atoms with Crippen LogP contribution >= 0.6 is 11.6 Å². The second-order valence-electron chi connectivity index (χ2n) is 6.27. The predicted molar refractivity (Wildman–Crippen MR) is 108 cm³/mol. The first-order chi connectivity index (χ1) is 13.9. The van der Waals surface area contributed by atoms with Gasteiger partial charge in [-0.25, -0.2) is 4.68 Å². The van der Waals surface area contributed by atoms with E-state index in [-0.39, 0.29) is 10.8 Å². The van der Waals surface area contributed by atoms with Gasteiger partial charge in [-0.3, -0.25) is 24.3 Å². The van der Waals surface area contributed by atoms with Crippen LogP contribution in [0, 0.1) is 0 Å². The van der Waals surface area contributed by atoms with Crippen molar-refractivity contribution in [2.45, 2.75) is 13.0 Å². The van der Waals surface area contributed by atoms with Gasteiger partial charge in [0.1, 0.15) is 6.54 Å². The average Bonchev–Trinajstić information content (AvgIpc) is 2.70. The van der Waals surface area contributed by atoms with Crippen LogP contribution in [0.5, 0.6) is 0 Å². The van der Waals surface area contributed by atoms with E-state index >= 15 is 0 Å². The molecule has 9 heteroatoms. The summed E-state index contributed by atoms with van der Waals surface area (Å²) in [5.41, 5.74) is -0.0516. The highest BCUT2D eigenvalue weighted by atomic mass is 35.5. The Morgan fingerprint density at radius 1 is 1.07 bits per heavy atom. The number of nitrogens with one attached hydrogen (secondary N) is 2. The predicted octanol–water partition coefficient (Wildman–Crippen LogP) is 1.25. The number of H-pyrrole nitrogens is 1. The third-order valence-corrected chi connectivity index (χ3v) is 4.40. The molecule has 0 atom stereocenters. The van der Waals surface area contributed by atoms with Gasteiger partial charge >= 0.3 is 5.97 Å². The minimum absolute atomic E-state index is 0.197. The van der Waals surface area contributed by atoms with Crippen molar-refractivity contribution in [1.29, 1.82) is 0 Å². The van der Waals surface area contributed by atoms with Crippen LogP contribution in [-0.2, 0) is 27.3 Å². The van der Waals surface area contributed by atoms with Gasteiger partial charge < -0.3 is 10.1 Å². The minimum atomic E-state index is -0.817. The maximum absolute atomic E-state index is 12.4. The number of carbonyl (C=O) groups excluding carboxylic acids is 2. The largest absolute Gasteiger partial charge is 0.454 e. The third kappa shape index (κ3) is 5.32. The zero-order chi connectivity index (χ0) is 20.8. The van der Waals surface area contributed by atoms with Gasteiger partial charge in [0.05, 0.1) is 10.8 Å². The number of benzene rings is 2. The van der Waals surface area contributed by atoms with Gasteiger partial charge in [0.2, 0.25) is 0 Å². The number of amides is 1. The van der Waals surface area contributed by atoms with E-state index in [4.69, 9.17) is 16.3 Å². The number of nitrogens with zero attached hydrogens (tertiary/aromatic N) is 1. The first-order valence-corrected chi connectivity index (χ1v) is 9.20. The van der Waals surface area contributed by atoms with Crippen LogP contribution < -0.4 is 16.4 Å². The van der Waals surface area contributed by atoms with Crippen molar-refractivity contribution in [1.82, 2.24) is 15.1 Å². The Bertz CT molecular complexity index is 1170. The second kappa shape index (κ2) is 9.20. The van der Waals surface area contributed by atoms with Crippen molar-refractivity contribution in [3.05, 3.63) is 79.8 Å². The topological polar surface area (TPSA) is 110 Å². The molecule has 0 aliphatic heterocycles.